The van der Waals surface area contributed by atoms with Crippen molar-refractivity contribution < 1.29 is 4.79 Å². The van der Waals surface area contributed by atoms with Crippen LogP contribution < -0.4 is 10.6 Å². The first-order valence-electron chi connectivity index (χ1n) is 9.07. The average Bonchev–Trinajstić information content (AvgIpc) is 3.11. The average molecular weight is 402 g/mol. The molecule has 27 heavy (non-hydrogen) atoms. The number of nitriles is 1. The van der Waals surface area contributed by atoms with Crippen LogP contribution in [0.5, 0.6) is 0 Å². The number of carbonyl (C=O) groups excluding carboxylic acids is 1. The topological polar surface area (TPSA) is 90.7 Å². The lowest BCUT2D eigenvalue weighted by Gasteiger charge is -2.32. The summed E-state index contributed by atoms with van der Waals surface area (Å²) in [5.41, 5.74) is 1.41. The molecule has 0 radical (unpaired) electrons. The molecule has 1 aromatic heterocycles. The summed E-state index contributed by atoms with van der Waals surface area (Å²) < 4.78 is 0.725. The lowest BCUT2D eigenvalue weighted by atomic mass is 9.83. The van der Waals surface area contributed by atoms with Crippen LogP contribution in [0.15, 0.2) is 28.6 Å². The minimum absolute atomic E-state index is 0.118. The maximum absolute atomic E-state index is 12.6. The number of rotatable bonds is 6. The molecule has 1 aromatic carbocycles. The van der Waals surface area contributed by atoms with Crippen molar-refractivity contribution in [2.75, 3.05) is 5.32 Å². The molecule has 1 amide bonds. The SMILES string of the molecule is Cc1ccccc1Nc1nnc(SC(C)C(=O)NC2(C#N)CCCCC2)s1. The van der Waals surface area contributed by atoms with Crippen LogP contribution in [-0.4, -0.2) is 26.9 Å². The molecule has 2 N–H and O–H groups in total. The van der Waals surface area contributed by atoms with Crippen LogP contribution in [0.4, 0.5) is 10.8 Å². The van der Waals surface area contributed by atoms with Gasteiger partial charge in [0.1, 0.15) is 5.54 Å². The number of hydrogen-bond donors (Lipinski definition) is 2. The van der Waals surface area contributed by atoms with Gasteiger partial charge in [-0.25, -0.2) is 0 Å². The Morgan fingerprint density at radius 2 is 2.04 bits per heavy atom. The van der Waals surface area contributed by atoms with Crippen molar-refractivity contribution in [2.24, 2.45) is 0 Å². The Morgan fingerprint density at radius 3 is 2.74 bits per heavy atom. The van der Waals surface area contributed by atoms with E-state index in [1.807, 2.05) is 38.1 Å². The van der Waals surface area contributed by atoms with Gasteiger partial charge in [-0.05, 0) is 38.3 Å². The molecule has 1 atom stereocenters. The molecule has 0 bridgehead atoms. The van der Waals surface area contributed by atoms with Crippen LogP contribution in [0.2, 0.25) is 0 Å². The van der Waals surface area contributed by atoms with Crippen LogP contribution in [0.1, 0.15) is 44.6 Å². The summed E-state index contributed by atoms with van der Waals surface area (Å²) in [6.07, 6.45) is 4.57. The fraction of sp³-hybridized carbons (Fsp3) is 0.474. The number of amides is 1. The maximum atomic E-state index is 12.6. The van der Waals surface area contributed by atoms with Crippen molar-refractivity contribution in [3.63, 3.8) is 0 Å². The van der Waals surface area contributed by atoms with Crippen molar-refractivity contribution in [3.8, 4) is 6.07 Å². The zero-order chi connectivity index (χ0) is 19.3. The molecule has 2 aromatic rings. The van der Waals surface area contributed by atoms with Gasteiger partial charge in [-0.2, -0.15) is 5.26 Å². The van der Waals surface area contributed by atoms with E-state index in [0.717, 1.165) is 47.7 Å². The normalized spacial score (nSPS) is 16.9. The molecule has 1 aliphatic rings. The fourth-order valence-electron chi connectivity index (χ4n) is 3.10. The van der Waals surface area contributed by atoms with Crippen LogP contribution in [0, 0.1) is 18.3 Å². The molecule has 3 rings (SSSR count). The first kappa shape index (κ1) is 19.6. The Bertz CT molecular complexity index is 839. The number of anilines is 2. The predicted octanol–water partition coefficient (Wildman–Crippen LogP) is 4.41. The fourth-order valence-corrected chi connectivity index (χ4v) is 5.01. The number of nitrogens with zero attached hydrogens (tertiary/aromatic N) is 3. The number of carbonyl (C=O) groups is 1. The molecular formula is C19H23N5OS2. The monoisotopic (exact) mass is 401 g/mol. The number of thioether (sulfide) groups is 1. The van der Waals surface area contributed by atoms with E-state index in [0.29, 0.717) is 5.13 Å². The highest BCUT2D eigenvalue weighted by molar-refractivity contribution is 8.02. The van der Waals surface area contributed by atoms with E-state index in [4.69, 9.17) is 0 Å². The van der Waals surface area contributed by atoms with Gasteiger partial charge in [-0.15, -0.1) is 10.2 Å². The van der Waals surface area contributed by atoms with E-state index < -0.39 is 5.54 Å². The minimum atomic E-state index is -0.706. The number of hydrogen-bond acceptors (Lipinski definition) is 7. The second-order valence-electron chi connectivity index (χ2n) is 6.82. The van der Waals surface area contributed by atoms with E-state index >= 15 is 0 Å². The summed E-state index contributed by atoms with van der Waals surface area (Å²) in [6.45, 7) is 3.87. The van der Waals surface area contributed by atoms with E-state index in [1.54, 1.807) is 0 Å². The quantitative estimate of drug-likeness (QED) is 0.697. The second kappa shape index (κ2) is 8.72. The summed E-state index contributed by atoms with van der Waals surface area (Å²) in [4.78, 5) is 12.6. The third-order valence-corrected chi connectivity index (χ3v) is 6.75. The molecule has 6 nitrogen and oxygen atoms in total. The number of benzene rings is 1. The first-order valence-corrected chi connectivity index (χ1v) is 10.8. The number of nitrogens with one attached hydrogen (secondary N) is 2. The summed E-state index contributed by atoms with van der Waals surface area (Å²) >= 11 is 2.79. The van der Waals surface area contributed by atoms with E-state index in [-0.39, 0.29) is 11.2 Å². The number of aryl methyl sites for hydroxylation is 1. The van der Waals surface area contributed by atoms with Crippen LogP contribution >= 0.6 is 23.1 Å². The molecule has 0 aliphatic heterocycles. The van der Waals surface area contributed by atoms with E-state index in [9.17, 15) is 10.1 Å². The van der Waals surface area contributed by atoms with Gasteiger partial charge in [-0.3, -0.25) is 4.79 Å². The Balaban J connectivity index is 1.59. The smallest absolute Gasteiger partial charge is 0.234 e. The third-order valence-electron chi connectivity index (χ3n) is 4.72. The second-order valence-corrected chi connectivity index (χ2v) is 9.38. The summed E-state index contributed by atoms with van der Waals surface area (Å²) in [6, 6.07) is 10.3. The highest BCUT2D eigenvalue weighted by atomic mass is 32.2. The molecule has 8 heteroatoms. The lowest BCUT2D eigenvalue weighted by molar-refractivity contribution is -0.121. The summed E-state index contributed by atoms with van der Waals surface area (Å²) in [5, 5.41) is 24.5. The molecule has 142 valence electrons. The third kappa shape index (κ3) is 4.99. The zero-order valence-electron chi connectivity index (χ0n) is 15.5. The van der Waals surface area contributed by atoms with Crippen LogP contribution in [0.25, 0.3) is 0 Å². The molecule has 1 unspecified atom stereocenters. The van der Waals surface area contributed by atoms with Crippen molar-refractivity contribution >= 4 is 39.8 Å². The van der Waals surface area contributed by atoms with Gasteiger partial charge in [0.05, 0.1) is 11.3 Å². The zero-order valence-corrected chi connectivity index (χ0v) is 17.1. The van der Waals surface area contributed by atoms with Gasteiger partial charge < -0.3 is 10.6 Å². The Morgan fingerprint density at radius 1 is 1.30 bits per heavy atom. The van der Waals surface area contributed by atoms with Crippen molar-refractivity contribution in [3.05, 3.63) is 29.8 Å². The molecule has 0 spiro atoms. The Labute approximate surface area is 167 Å². The number of aromatic nitrogens is 2. The molecule has 0 saturated heterocycles. The highest BCUT2D eigenvalue weighted by Gasteiger charge is 2.35. The highest BCUT2D eigenvalue weighted by Crippen LogP contribution is 2.32. The van der Waals surface area contributed by atoms with E-state index in [1.165, 1.54) is 23.1 Å². The van der Waals surface area contributed by atoms with Crippen LogP contribution in [-0.2, 0) is 4.79 Å². The first-order chi connectivity index (χ1) is 13.0. The molecule has 1 aliphatic carbocycles. The Hall–Kier alpha value is -2.11. The van der Waals surface area contributed by atoms with Crippen molar-refractivity contribution in [2.45, 2.75) is 61.1 Å². The molecule has 1 saturated carbocycles. The van der Waals surface area contributed by atoms with Crippen molar-refractivity contribution in [1.82, 2.24) is 15.5 Å². The molecule has 1 heterocycles. The van der Waals surface area contributed by atoms with Gasteiger partial charge in [-0.1, -0.05) is 60.6 Å². The van der Waals surface area contributed by atoms with Gasteiger partial charge in [0.25, 0.3) is 0 Å². The molecule has 1 fully saturated rings. The van der Waals surface area contributed by atoms with Gasteiger partial charge in [0.2, 0.25) is 11.0 Å². The van der Waals surface area contributed by atoms with Crippen LogP contribution in [0.3, 0.4) is 0 Å². The minimum Gasteiger partial charge on any atom is -0.337 e. The van der Waals surface area contributed by atoms with E-state index in [2.05, 4.69) is 26.9 Å². The van der Waals surface area contributed by atoms with Gasteiger partial charge in [0.15, 0.2) is 4.34 Å². The van der Waals surface area contributed by atoms with Crippen molar-refractivity contribution in [1.29, 1.82) is 5.26 Å². The predicted molar refractivity (Wildman–Crippen MR) is 109 cm³/mol. The standard InChI is InChI=1S/C19H23N5OS2/c1-13-8-4-5-9-15(13)21-17-23-24-18(27-17)26-14(2)16(25)22-19(12-20)10-6-3-7-11-19/h4-5,8-9,14H,3,6-7,10-11H2,1-2H3,(H,21,23)(H,22,25). The number of para-hydroxylation sites is 1. The Kier molecular flexibility index (Phi) is 6.34. The summed E-state index contributed by atoms with van der Waals surface area (Å²) in [5.74, 6) is -0.118. The summed E-state index contributed by atoms with van der Waals surface area (Å²) in [7, 11) is 0. The maximum Gasteiger partial charge on any atom is 0.234 e. The largest absolute Gasteiger partial charge is 0.337 e. The van der Waals surface area contributed by atoms with Gasteiger partial charge in [0, 0.05) is 5.69 Å². The lowest BCUT2D eigenvalue weighted by Crippen LogP contribution is -2.50. The van der Waals surface area contributed by atoms with Gasteiger partial charge >= 0.3 is 0 Å². The molecular weight excluding hydrogens is 378 g/mol.